The van der Waals surface area contributed by atoms with Gasteiger partial charge in [-0.1, -0.05) is 29.8 Å². The molecule has 180 valence electrons. The Morgan fingerprint density at radius 1 is 0.912 bits per heavy atom. The third kappa shape index (κ3) is 5.46. The third-order valence-electron chi connectivity index (χ3n) is 5.26. The van der Waals surface area contributed by atoms with Crippen LogP contribution in [0.2, 0.25) is 5.02 Å². The Balaban J connectivity index is 2.07. The van der Waals surface area contributed by atoms with Crippen molar-refractivity contribution < 1.29 is 22.7 Å². The van der Waals surface area contributed by atoms with Crippen LogP contribution in [0.4, 0.5) is 11.4 Å². The molecule has 0 aliphatic carbocycles. The van der Waals surface area contributed by atoms with Gasteiger partial charge < -0.3 is 14.8 Å². The van der Waals surface area contributed by atoms with Crippen molar-refractivity contribution in [2.45, 2.75) is 25.7 Å². The lowest BCUT2D eigenvalue weighted by molar-refractivity contribution is -0.114. The van der Waals surface area contributed by atoms with E-state index in [1.165, 1.54) is 32.4 Å². The first-order valence-corrected chi connectivity index (χ1v) is 12.3. The number of methoxy groups -OCH3 is 2. The molecule has 0 heterocycles. The minimum absolute atomic E-state index is 0.0542. The fourth-order valence-corrected chi connectivity index (χ4v) is 5.33. The van der Waals surface area contributed by atoms with E-state index in [1.807, 2.05) is 32.0 Å². The summed E-state index contributed by atoms with van der Waals surface area (Å²) in [5, 5.41) is 3.03. The number of nitrogens with zero attached hydrogens (tertiary/aromatic N) is 1. The third-order valence-corrected chi connectivity index (χ3v) is 7.36. The Kier molecular flexibility index (Phi) is 7.74. The summed E-state index contributed by atoms with van der Waals surface area (Å²) in [6.07, 6.45) is 0. The Hall–Kier alpha value is -3.23. The molecule has 0 saturated carbocycles. The van der Waals surface area contributed by atoms with Crippen LogP contribution in [0.5, 0.6) is 11.5 Å². The van der Waals surface area contributed by atoms with E-state index in [4.69, 9.17) is 21.1 Å². The van der Waals surface area contributed by atoms with E-state index in [2.05, 4.69) is 5.32 Å². The smallest absolute Gasteiger partial charge is 0.268 e. The monoisotopic (exact) mass is 502 g/mol. The molecule has 0 radical (unpaired) electrons. The highest BCUT2D eigenvalue weighted by molar-refractivity contribution is 7.93. The van der Waals surface area contributed by atoms with Crippen LogP contribution in [0.1, 0.15) is 16.7 Å². The molecular formula is C25H27ClN2O5S. The van der Waals surface area contributed by atoms with Gasteiger partial charge in [0.15, 0.2) is 0 Å². The number of nitrogens with one attached hydrogen (secondary N) is 1. The van der Waals surface area contributed by atoms with Crippen LogP contribution in [-0.2, 0) is 14.8 Å². The van der Waals surface area contributed by atoms with Crippen LogP contribution in [0.25, 0.3) is 0 Å². The number of anilines is 2. The zero-order valence-corrected chi connectivity index (χ0v) is 21.3. The quantitative estimate of drug-likeness (QED) is 0.462. The van der Waals surface area contributed by atoms with E-state index < -0.39 is 22.5 Å². The van der Waals surface area contributed by atoms with Gasteiger partial charge in [-0.15, -0.1) is 0 Å². The number of aryl methyl sites for hydroxylation is 3. The summed E-state index contributed by atoms with van der Waals surface area (Å²) in [5.74, 6) is 0.0525. The summed E-state index contributed by atoms with van der Waals surface area (Å²) in [6.45, 7) is 5.08. The normalized spacial score (nSPS) is 11.1. The van der Waals surface area contributed by atoms with Crippen LogP contribution in [-0.4, -0.2) is 35.1 Å². The molecule has 1 N–H and O–H groups in total. The van der Waals surface area contributed by atoms with Gasteiger partial charge >= 0.3 is 0 Å². The lowest BCUT2D eigenvalue weighted by Gasteiger charge is -2.26. The van der Waals surface area contributed by atoms with Crippen LogP contribution in [0.15, 0.2) is 59.5 Å². The van der Waals surface area contributed by atoms with Gasteiger partial charge in [-0.25, -0.2) is 8.42 Å². The number of halogens is 1. The average molecular weight is 503 g/mol. The molecular weight excluding hydrogens is 476 g/mol. The Morgan fingerprint density at radius 3 is 2.18 bits per heavy atom. The van der Waals surface area contributed by atoms with Gasteiger partial charge in [0.25, 0.3) is 10.0 Å². The summed E-state index contributed by atoms with van der Waals surface area (Å²) in [5.41, 5.74) is 3.39. The molecule has 7 nitrogen and oxygen atoms in total. The Morgan fingerprint density at radius 2 is 1.53 bits per heavy atom. The number of rotatable bonds is 8. The van der Waals surface area contributed by atoms with E-state index in [0.29, 0.717) is 11.4 Å². The lowest BCUT2D eigenvalue weighted by atomic mass is 10.1. The van der Waals surface area contributed by atoms with E-state index in [-0.39, 0.29) is 21.4 Å². The summed E-state index contributed by atoms with van der Waals surface area (Å²) in [6, 6.07) is 15.0. The second-order valence-corrected chi connectivity index (χ2v) is 10.1. The highest BCUT2D eigenvalue weighted by Crippen LogP contribution is 2.34. The molecule has 0 atom stereocenters. The first kappa shape index (κ1) is 25.4. The van der Waals surface area contributed by atoms with Crippen molar-refractivity contribution in [2.24, 2.45) is 0 Å². The average Bonchev–Trinajstić information content (AvgIpc) is 2.79. The minimum Gasteiger partial charge on any atom is -0.495 e. The molecule has 0 bridgehead atoms. The Labute approximate surface area is 205 Å². The highest BCUT2D eigenvalue weighted by atomic mass is 35.5. The van der Waals surface area contributed by atoms with Crippen molar-refractivity contribution in [2.75, 3.05) is 30.4 Å². The Bertz CT molecular complexity index is 1320. The van der Waals surface area contributed by atoms with Crippen LogP contribution < -0.4 is 19.1 Å². The predicted octanol–water partition coefficient (Wildman–Crippen LogP) is 5.12. The van der Waals surface area contributed by atoms with Crippen molar-refractivity contribution >= 4 is 38.9 Å². The van der Waals surface area contributed by atoms with E-state index in [0.717, 1.165) is 21.0 Å². The summed E-state index contributed by atoms with van der Waals surface area (Å²) in [4.78, 5) is 13.0. The molecule has 3 aromatic carbocycles. The van der Waals surface area contributed by atoms with Crippen LogP contribution in [0.3, 0.4) is 0 Å². The first-order chi connectivity index (χ1) is 16.1. The van der Waals surface area contributed by atoms with Crippen molar-refractivity contribution in [3.63, 3.8) is 0 Å². The molecule has 0 aliphatic rings. The molecule has 1 amide bonds. The van der Waals surface area contributed by atoms with E-state index in [9.17, 15) is 13.2 Å². The molecule has 9 heteroatoms. The van der Waals surface area contributed by atoms with Gasteiger partial charge in [0, 0.05) is 5.69 Å². The lowest BCUT2D eigenvalue weighted by Crippen LogP contribution is -2.38. The number of ether oxygens (including phenoxy) is 2. The topological polar surface area (TPSA) is 84.9 Å². The largest absolute Gasteiger partial charge is 0.495 e. The van der Waals surface area contributed by atoms with Crippen LogP contribution >= 0.6 is 11.6 Å². The molecule has 0 fully saturated rings. The molecule has 34 heavy (non-hydrogen) atoms. The number of sulfonamides is 1. The van der Waals surface area contributed by atoms with Gasteiger partial charge in [0.1, 0.15) is 22.9 Å². The second-order valence-electron chi connectivity index (χ2n) is 7.85. The second kappa shape index (κ2) is 10.4. The molecule has 3 rings (SSSR count). The molecule has 0 aliphatic heterocycles. The van der Waals surface area contributed by atoms with Gasteiger partial charge in [-0.3, -0.25) is 9.10 Å². The number of amides is 1. The number of benzene rings is 3. The molecule has 0 unspecified atom stereocenters. The van der Waals surface area contributed by atoms with Gasteiger partial charge in [0.05, 0.1) is 24.9 Å². The summed E-state index contributed by atoms with van der Waals surface area (Å²) in [7, 11) is -1.36. The predicted molar refractivity (Wildman–Crippen MR) is 135 cm³/mol. The number of carbonyl (C=O) groups is 1. The first-order valence-electron chi connectivity index (χ1n) is 10.4. The molecule has 3 aromatic rings. The fraction of sp³-hybridized carbons (Fsp3) is 0.240. The van der Waals surface area contributed by atoms with E-state index >= 15 is 0 Å². The van der Waals surface area contributed by atoms with Gasteiger partial charge in [0.2, 0.25) is 5.91 Å². The SMILES string of the molecule is COc1ccc(N(CC(=O)Nc2cc(C)ccc2C)S(=O)(=O)c2cc(C)ccc2OC)cc1Cl. The van der Waals surface area contributed by atoms with Crippen molar-refractivity contribution in [1.82, 2.24) is 0 Å². The van der Waals surface area contributed by atoms with Gasteiger partial charge in [-0.2, -0.15) is 0 Å². The standard InChI is InChI=1S/C25H27ClN2O5S/c1-16-6-8-18(3)21(12-16)27-25(29)15-28(19-9-11-22(32-4)20(26)14-19)34(30,31)24-13-17(2)7-10-23(24)33-5/h6-14H,15H2,1-5H3,(H,27,29). The molecule has 0 saturated heterocycles. The number of hydrogen-bond donors (Lipinski definition) is 1. The molecule has 0 aromatic heterocycles. The van der Waals surface area contributed by atoms with Crippen molar-refractivity contribution in [3.05, 3.63) is 76.3 Å². The molecule has 0 spiro atoms. The van der Waals surface area contributed by atoms with Gasteiger partial charge in [-0.05, 0) is 73.9 Å². The van der Waals surface area contributed by atoms with Crippen molar-refractivity contribution in [1.29, 1.82) is 0 Å². The van der Waals surface area contributed by atoms with Crippen molar-refractivity contribution in [3.8, 4) is 11.5 Å². The van der Waals surface area contributed by atoms with E-state index in [1.54, 1.807) is 25.1 Å². The van der Waals surface area contributed by atoms with Crippen LogP contribution in [0, 0.1) is 20.8 Å². The zero-order chi connectivity index (χ0) is 25.0. The summed E-state index contributed by atoms with van der Waals surface area (Å²) >= 11 is 6.29. The fourth-order valence-electron chi connectivity index (χ4n) is 3.42. The minimum atomic E-state index is -4.21. The highest BCUT2D eigenvalue weighted by Gasteiger charge is 2.31. The zero-order valence-electron chi connectivity index (χ0n) is 19.7. The summed E-state index contributed by atoms with van der Waals surface area (Å²) < 4.78 is 39.2. The number of hydrogen-bond acceptors (Lipinski definition) is 5. The maximum Gasteiger partial charge on any atom is 0.268 e. The maximum atomic E-state index is 13.8. The maximum absolute atomic E-state index is 13.8. The number of carbonyl (C=O) groups excluding carboxylic acids is 1.